The Hall–Kier alpha value is -1.14. The third kappa shape index (κ3) is 3.86. The molecule has 0 bridgehead atoms. The summed E-state index contributed by atoms with van der Waals surface area (Å²) in [5.74, 6) is 0.413. The summed E-state index contributed by atoms with van der Waals surface area (Å²) in [6, 6.07) is 2.18. The molecule has 0 amide bonds. The highest BCUT2D eigenvalue weighted by molar-refractivity contribution is 6.02. The van der Waals surface area contributed by atoms with Gasteiger partial charge in [-0.1, -0.05) is 19.4 Å². The predicted octanol–water partition coefficient (Wildman–Crippen LogP) is 2.74. The van der Waals surface area contributed by atoms with Crippen LogP contribution in [-0.2, 0) is 0 Å². The number of nitrogens with zero attached hydrogens (tertiary/aromatic N) is 2. The minimum atomic E-state index is 0. The third-order valence-corrected chi connectivity index (χ3v) is 2.07. The number of hydrogen-bond acceptors (Lipinski definition) is 3. The molecule has 0 atom stereocenters. The van der Waals surface area contributed by atoms with Crippen LogP contribution < -0.4 is 6.15 Å². The molecule has 0 rings (SSSR count). The summed E-state index contributed by atoms with van der Waals surface area (Å²) in [7, 11) is 1.71. The lowest BCUT2D eigenvalue weighted by Gasteiger charge is -2.07. The molecule has 0 unspecified atom stereocenters. The van der Waals surface area contributed by atoms with Crippen LogP contribution in [0, 0.1) is 17.2 Å². The molecule has 3 heteroatoms. The van der Waals surface area contributed by atoms with Crippen molar-refractivity contribution in [3.05, 3.63) is 11.1 Å². The summed E-state index contributed by atoms with van der Waals surface area (Å²) in [4.78, 5) is 4.00. The van der Waals surface area contributed by atoms with Crippen LogP contribution in [0.25, 0.3) is 0 Å². The Morgan fingerprint density at radius 3 is 2.00 bits per heavy atom. The first kappa shape index (κ1) is 14.4. The van der Waals surface area contributed by atoms with Crippen LogP contribution in [0.1, 0.15) is 27.7 Å². The van der Waals surface area contributed by atoms with Crippen molar-refractivity contribution < 1.29 is 0 Å². The minimum Gasteiger partial charge on any atom is -0.344 e. The van der Waals surface area contributed by atoms with Crippen molar-refractivity contribution in [2.45, 2.75) is 27.7 Å². The van der Waals surface area contributed by atoms with Gasteiger partial charge < -0.3 is 6.15 Å². The fraction of sp³-hybridized carbons (Fsp3) is 0.600. The molecule has 0 saturated heterocycles. The van der Waals surface area contributed by atoms with E-state index in [0.717, 1.165) is 16.9 Å². The van der Waals surface area contributed by atoms with Crippen LogP contribution in [-0.4, -0.2) is 12.8 Å². The molecule has 0 aromatic rings. The normalized spacial score (nSPS) is 13.2. The molecule has 0 aliphatic carbocycles. The molecular formula is C10H19N3. The van der Waals surface area contributed by atoms with Crippen molar-refractivity contribution in [3.8, 4) is 6.07 Å². The van der Waals surface area contributed by atoms with Gasteiger partial charge in [0, 0.05) is 12.8 Å². The van der Waals surface area contributed by atoms with E-state index in [-0.39, 0.29) is 6.15 Å². The Kier molecular flexibility index (Phi) is 7.07. The zero-order valence-corrected chi connectivity index (χ0v) is 9.18. The number of aliphatic imine (C=N–C) groups is 1. The molecule has 13 heavy (non-hydrogen) atoms. The summed E-state index contributed by atoms with van der Waals surface area (Å²) >= 11 is 0. The molecule has 0 saturated carbocycles. The van der Waals surface area contributed by atoms with Crippen LogP contribution in [0.5, 0.6) is 0 Å². The van der Waals surface area contributed by atoms with Gasteiger partial charge in [0.2, 0.25) is 0 Å². The highest BCUT2D eigenvalue weighted by Crippen LogP contribution is 2.14. The van der Waals surface area contributed by atoms with Crippen LogP contribution in [0.15, 0.2) is 16.1 Å². The molecule has 0 heterocycles. The van der Waals surface area contributed by atoms with Gasteiger partial charge in [-0.2, -0.15) is 5.26 Å². The summed E-state index contributed by atoms with van der Waals surface area (Å²) in [6.07, 6.45) is 0. The van der Waals surface area contributed by atoms with Gasteiger partial charge >= 0.3 is 0 Å². The highest BCUT2D eigenvalue weighted by Gasteiger charge is 2.07. The van der Waals surface area contributed by atoms with Crippen molar-refractivity contribution in [1.29, 1.82) is 5.26 Å². The third-order valence-electron chi connectivity index (χ3n) is 2.07. The second kappa shape index (κ2) is 6.38. The quantitative estimate of drug-likeness (QED) is 0.525. The number of hydrogen-bond donors (Lipinski definition) is 1. The SMILES string of the molecule is CN=C(C)/C(C#N)=C(\C)C(C)C.N. The largest absolute Gasteiger partial charge is 0.344 e. The van der Waals surface area contributed by atoms with Gasteiger partial charge in [0.05, 0.1) is 5.57 Å². The maximum atomic E-state index is 8.86. The smallest absolute Gasteiger partial charge is 0.101 e. The summed E-state index contributed by atoms with van der Waals surface area (Å²) in [5, 5.41) is 8.86. The molecule has 0 aliphatic rings. The lowest BCUT2D eigenvalue weighted by Crippen LogP contribution is -2.02. The Labute approximate surface area is 80.8 Å². The first-order chi connectivity index (χ1) is 5.54. The summed E-state index contributed by atoms with van der Waals surface area (Å²) in [5.41, 5.74) is 2.66. The first-order valence-electron chi connectivity index (χ1n) is 4.09. The Bertz CT molecular complexity index is 254. The lowest BCUT2D eigenvalue weighted by atomic mass is 9.97. The fourth-order valence-corrected chi connectivity index (χ4v) is 0.855. The monoisotopic (exact) mass is 181 g/mol. The zero-order chi connectivity index (χ0) is 9.72. The Balaban J connectivity index is 0. The van der Waals surface area contributed by atoms with Crippen molar-refractivity contribution in [2.24, 2.45) is 10.9 Å². The second-order valence-corrected chi connectivity index (χ2v) is 3.13. The maximum absolute atomic E-state index is 8.86. The van der Waals surface area contributed by atoms with E-state index in [9.17, 15) is 0 Å². The van der Waals surface area contributed by atoms with E-state index in [0.29, 0.717) is 5.92 Å². The van der Waals surface area contributed by atoms with Crippen molar-refractivity contribution >= 4 is 5.71 Å². The molecule has 0 fully saturated rings. The summed E-state index contributed by atoms with van der Waals surface area (Å²) in [6.45, 7) is 8.01. The molecule has 0 aromatic carbocycles. The first-order valence-corrected chi connectivity index (χ1v) is 4.09. The Morgan fingerprint density at radius 1 is 1.31 bits per heavy atom. The van der Waals surface area contributed by atoms with Crippen molar-refractivity contribution in [2.75, 3.05) is 7.05 Å². The van der Waals surface area contributed by atoms with E-state index in [1.807, 2.05) is 13.8 Å². The van der Waals surface area contributed by atoms with Gasteiger partial charge in [0.25, 0.3) is 0 Å². The van der Waals surface area contributed by atoms with E-state index in [2.05, 4.69) is 24.9 Å². The van der Waals surface area contributed by atoms with Crippen molar-refractivity contribution in [3.63, 3.8) is 0 Å². The predicted molar refractivity (Wildman–Crippen MR) is 57.2 cm³/mol. The number of nitriles is 1. The molecule has 0 aromatic heterocycles. The molecule has 3 nitrogen and oxygen atoms in total. The van der Waals surface area contributed by atoms with E-state index in [1.54, 1.807) is 7.05 Å². The topological polar surface area (TPSA) is 71.2 Å². The van der Waals surface area contributed by atoms with Gasteiger partial charge in [0.15, 0.2) is 0 Å². The standard InChI is InChI=1S/C10H16N2.H3N/c1-7(2)8(3)10(6-11)9(4)12-5;/h7H,1-5H3;1H3/b10-8+,12-9?;. The van der Waals surface area contributed by atoms with Gasteiger partial charge in [0.1, 0.15) is 6.07 Å². The second-order valence-electron chi connectivity index (χ2n) is 3.13. The Morgan fingerprint density at radius 2 is 1.77 bits per heavy atom. The molecule has 0 aliphatic heterocycles. The van der Waals surface area contributed by atoms with E-state index in [1.165, 1.54) is 0 Å². The van der Waals surface area contributed by atoms with Gasteiger partial charge in [-0.05, 0) is 19.8 Å². The molecule has 3 N–H and O–H groups in total. The highest BCUT2D eigenvalue weighted by atomic mass is 14.7. The number of rotatable bonds is 2. The van der Waals surface area contributed by atoms with Crippen LogP contribution in [0.2, 0.25) is 0 Å². The molecular weight excluding hydrogens is 162 g/mol. The lowest BCUT2D eigenvalue weighted by molar-refractivity contribution is 0.766. The van der Waals surface area contributed by atoms with Crippen LogP contribution in [0.4, 0.5) is 0 Å². The van der Waals surface area contributed by atoms with E-state index >= 15 is 0 Å². The van der Waals surface area contributed by atoms with Crippen LogP contribution >= 0.6 is 0 Å². The van der Waals surface area contributed by atoms with Gasteiger partial charge in [-0.3, -0.25) is 4.99 Å². The fourth-order valence-electron chi connectivity index (χ4n) is 0.855. The van der Waals surface area contributed by atoms with Crippen LogP contribution in [0.3, 0.4) is 0 Å². The maximum Gasteiger partial charge on any atom is 0.101 e. The van der Waals surface area contributed by atoms with Gasteiger partial charge in [-0.25, -0.2) is 0 Å². The van der Waals surface area contributed by atoms with E-state index < -0.39 is 0 Å². The van der Waals surface area contributed by atoms with Crippen molar-refractivity contribution in [1.82, 2.24) is 6.15 Å². The van der Waals surface area contributed by atoms with E-state index in [4.69, 9.17) is 5.26 Å². The zero-order valence-electron chi connectivity index (χ0n) is 9.18. The average molecular weight is 181 g/mol. The number of allylic oxidation sites excluding steroid dienone is 2. The summed E-state index contributed by atoms with van der Waals surface area (Å²) < 4.78 is 0. The minimum absolute atomic E-state index is 0. The molecule has 74 valence electrons. The molecule has 0 spiro atoms. The molecule has 0 radical (unpaired) electrons. The van der Waals surface area contributed by atoms with Gasteiger partial charge in [-0.15, -0.1) is 0 Å². The average Bonchev–Trinajstić information content (AvgIpc) is 2.05.